The van der Waals surface area contributed by atoms with Gasteiger partial charge in [0, 0.05) is 11.6 Å². The van der Waals surface area contributed by atoms with Crippen molar-refractivity contribution in [1.82, 2.24) is 15.1 Å². The lowest BCUT2D eigenvalue weighted by Crippen LogP contribution is -2.44. The van der Waals surface area contributed by atoms with E-state index in [1.165, 1.54) is 24.4 Å². The number of ether oxygens (including phenoxy) is 2. The van der Waals surface area contributed by atoms with Gasteiger partial charge in [-0.2, -0.15) is 4.90 Å². The summed E-state index contributed by atoms with van der Waals surface area (Å²) in [7, 11) is 0. The predicted octanol–water partition coefficient (Wildman–Crippen LogP) is 5.94. The first-order valence-electron chi connectivity index (χ1n) is 10.7. The van der Waals surface area contributed by atoms with Crippen molar-refractivity contribution in [3.63, 3.8) is 0 Å². The number of amides is 2. The molecule has 0 saturated carbocycles. The third-order valence-electron chi connectivity index (χ3n) is 4.26. The maximum absolute atomic E-state index is 13.1. The minimum atomic E-state index is -1.05. The summed E-state index contributed by atoms with van der Waals surface area (Å²) in [5, 5.41) is 13.1. The van der Waals surface area contributed by atoms with E-state index in [4.69, 9.17) is 19.1 Å². The van der Waals surface area contributed by atoms with Gasteiger partial charge in [0.15, 0.2) is 17.3 Å². The largest absolute Gasteiger partial charge is 0.478 e. The number of aromatic nitrogens is 3. The van der Waals surface area contributed by atoms with Gasteiger partial charge in [0.05, 0.1) is 11.8 Å². The van der Waals surface area contributed by atoms with Crippen LogP contribution in [0.4, 0.5) is 15.4 Å². The van der Waals surface area contributed by atoms with Crippen LogP contribution in [0.5, 0.6) is 0 Å². The van der Waals surface area contributed by atoms with Gasteiger partial charge >= 0.3 is 18.2 Å². The Morgan fingerprint density at radius 1 is 0.972 bits per heavy atom. The monoisotopic (exact) mass is 560 g/mol. The molecule has 2 aromatic heterocycles. The van der Waals surface area contributed by atoms with Gasteiger partial charge in [-0.05, 0) is 69.6 Å². The molecule has 0 aliphatic carbocycles. The number of imide groups is 1. The smallest absolute Gasteiger partial charge is 0.425 e. The zero-order valence-electron chi connectivity index (χ0n) is 20.5. The van der Waals surface area contributed by atoms with E-state index in [1.54, 1.807) is 53.7 Å². The molecule has 190 valence electrons. The second-order valence-electron chi connectivity index (χ2n) is 9.62. The normalized spacial score (nSPS) is 11.6. The number of hydrogen-bond acceptors (Lipinski definition) is 9. The summed E-state index contributed by atoms with van der Waals surface area (Å²) in [6.45, 7) is 9.94. The van der Waals surface area contributed by atoms with Crippen molar-refractivity contribution < 1.29 is 33.5 Å². The molecule has 0 unspecified atom stereocenters. The minimum absolute atomic E-state index is 0.0157. The predicted molar refractivity (Wildman–Crippen MR) is 133 cm³/mol. The van der Waals surface area contributed by atoms with Gasteiger partial charge in [0.1, 0.15) is 21.5 Å². The second-order valence-corrected chi connectivity index (χ2v) is 10.4. The lowest BCUT2D eigenvalue weighted by molar-refractivity contribution is 0.0428. The number of carboxylic acid groups (broad SMARTS) is 1. The Kier molecular flexibility index (Phi) is 7.48. The van der Waals surface area contributed by atoms with E-state index < -0.39 is 29.4 Å². The second kappa shape index (κ2) is 10.1. The Balaban J connectivity index is 2.09. The van der Waals surface area contributed by atoms with Crippen LogP contribution in [0, 0.1) is 0 Å². The number of anilines is 1. The van der Waals surface area contributed by atoms with Crippen LogP contribution in [0.15, 0.2) is 45.7 Å². The molecule has 36 heavy (non-hydrogen) atoms. The van der Waals surface area contributed by atoms with Crippen LogP contribution >= 0.6 is 15.9 Å². The highest BCUT2D eigenvalue weighted by Crippen LogP contribution is 2.33. The first kappa shape index (κ1) is 26.8. The van der Waals surface area contributed by atoms with Crippen LogP contribution in [-0.4, -0.2) is 49.6 Å². The van der Waals surface area contributed by atoms with Crippen molar-refractivity contribution in [2.24, 2.45) is 0 Å². The first-order chi connectivity index (χ1) is 16.6. The van der Waals surface area contributed by atoms with Crippen molar-refractivity contribution in [3.05, 3.63) is 46.7 Å². The molecule has 0 atom stereocenters. The molecular weight excluding hydrogens is 536 g/mol. The molecule has 0 bridgehead atoms. The molecule has 11 nitrogen and oxygen atoms in total. The fourth-order valence-corrected chi connectivity index (χ4v) is 3.14. The molecule has 1 N–H and O–H groups in total. The molecule has 0 aliphatic rings. The Bertz CT molecular complexity index is 1260. The fraction of sp³-hybridized carbons (Fsp3) is 0.333. The Morgan fingerprint density at radius 2 is 1.53 bits per heavy atom. The highest BCUT2D eigenvalue weighted by Gasteiger charge is 2.36. The van der Waals surface area contributed by atoms with Gasteiger partial charge in [-0.3, -0.25) is 0 Å². The van der Waals surface area contributed by atoms with Gasteiger partial charge in [0.25, 0.3) is 0 Å². The molecule has 12 heteroatoms. The Morgan fingerprint density at radius 3 is 2.03 bits per heavy atom. The molecule has 0 fully saturated rings. The topological polar surface area (TPSA) is 145 Å². The molecule has 0 radical (unpaired) electrons. The summed E-state index contributed by atoms with van der Waals surface area (Å²) in [4.78, 5) is 46.5. The number of carbonyl (C=O) groups excluding carboxylic acids is 2. The molecule has 0 aliphatic heterocycles. The third kappa shape index (κ3) is 6.66. The molecule has 0 saturated heterocycles. The fourth-order valence-electron chi connectivity index (χ4n) is 2.86. The number of carbonyl (C=O) groups is 3. The molecule has 3 rings (SSSR count). The number of halogens is 1. The van der Waals surface area contributed by atoms with Crippen molar-refractivity contribution in [1.29, 1.82) is 0 Å². The Labute approximate surface area is 215 Å². The third-order valence-corrected chi connectivity index (χ3v) is 4.64. The number of nitrogens with zero attached hydrogens (tertiary/aromatic N) is 4. The summed E-state index contributed by atoms with van der Waals surface area (Å²) >= 11 is 3.25. The maximum Gasteiger partial charge on any atom is 0.425 e. The summed E-state index contributed by atoms with van der Waals surface area (Å²) in [5.74, 6) is -1.15. The number of benzene rings is 1. The van der Waals surface area contributed by atoms with Gasteiger partial charge in [-0.15, -0.1) is 0 Å². The molecule has 2 amide bonds. The summed E-state index contributed by atoms with van der Waals surface area (Å²) < 4.78 is 16.6. The zero-order chi connectivity index (χ0) is 26.8. The molecule has 3 aromatic rings. The van der Waals surface area contributed by atoms with Gasteiger partial charge < -0.3 is 19.1 Å². The van der Waals surface area contributed by atoms with Crippen LogP contribution in [0.2, 0.25) is 0 Å². The SMILES string of the molecule is CC(C)(C)OC(=O)N(C(=O)OC(C)(C)C)c1ncc(Br)nc1-c1cc(-c2ccc(C(=O)O)cc2)no1. The highest BCUT2D eigenvalue weighted by molar-refractivity contribution is 9.10. The standard InChI is InChI=1S/C24H25BrN4O7/c1-23(2,3)34-21(32)29(22(33)35-24(4,5)6)19-18(27-17(25)12-26-19)16-11-15(28-36-16)13-7-9-14(10-8-13)20(30)31/h7-12H,1-6H3,(H,30,31). The van der Waals surface area contributed by atoms with Crippen LogP contribution in [0.25, 0.3) is 22.7 Å². The lowest BCUT2D eigenvalue weighted by atomic mass is 10.1. The lowest BCUT2D eigenvalue weighted by Gasteiger charge is -2.28. The van der Waals surface area contributed by atoms with Gasteiger partial charge in [0.2, 0.25) is 0 Å². The van der Waals surface area contributed by atoms with Crippen LogP contribution in [0.3, 0.4) is 0 Å². The molecular formula is C24H25BrN4O7. The average Bonchev–Trinajstić information content (AvgIpc) is 3.22. The van der Waals surface area contributed by atoms with Crippen LogP contribution in [-0.2, 0) is 9.47 Å². The van der Waals surface area contributed by atoms with Crippen molar-refractivity contribution in [2.45, 2.75) is 52.7 Å². The van der Waals surface area contributed by atoms with Crippen molar-refractivity contribution in [3.8, 4) is 22.7 Å². The number of rotatable bonds is 4. The number of aromatic carboxylic acids is 1. The van der Waals surface area contributed by atoms with E-state index >= 15 is 0 Å². The minimum Gasteiger partial charge on any atom is -0.478 e. The van der Waals surface area contributed by atoms with E-state index in [-0.39, 0.29) is 22.8 Å². The zero-order valence-corrected chi connectivity index (χ0v) is 22.1. The van der Waals surface area contributed by atoms with Crippen LogP contribution < -0.4 is 4.90 Å². The summed E-state index contributed by atoms with van der Waals surface area (Å²) in [6.07, 6.45) is -0.722. The Hall–Kier alpha value is -3.80. The number of carboxylic acids is 1. The van der Waals surface area contributed by atoms with Gasteiger partial charge in [-0.25, -0.2) is 24.4 Å². The summed E-state index contributed by atoms with van der Waals surface area (Å²) in [5.41, 5.74) is -0.745. The highest BCUT2D eigenvalue weighted by atomic mass is 79.9. The van der Waals surface area contributed by atoms with Crippen molar-refractivity contribution in [2.75, 3.05) is 4.90 Å². The first-order valence-corrected chi connectivity index (χ1v) is 11.5. The molecule has 0 spiro atoms. The average molecular weight is 561 g/mol. The van der Waals surface area contributed by atoms with Crippen LogP contribution in [0.1, 0.15) is 51.9 Å². The van der Waals surface area contributed by atoms with E-state index in [2.05, 4.69) is 31.1 Å². The van der Waals surface area contributed by atoms with E-state index in [0.29, 0.717) is 20.8 Å². The van der Waals surface area contributed by atoms with Crippen molar-refractivity contribution >= 4 is 39.9 Å². The quantitative estimate of drug-likeness (QED) is 0.406. The number of hydrogen-bond donors (Lipinski definition) is 1. The maximum atomic E-state index is 13.1. The van der Waals surface area contributed by atoms with Gasteiger partial charge in [-0.1, -0.05) is 17.3 Å². The van der Waals surface area contributed by atoms with E-state index in [0.717, 1.165) is 0 Å². The summed E-state index contributed by atoms with van der Waals surface area (Å²) in [6, 6.07) is 7.54. The molecule has 1 aromatic carbocycles. The van der Waals surface area contributed by atoms with E-state index in [9.17, 15) is 14.4 Å². The molecule has 2 heterocycles. The van der Waals surface area contributed by atoms with E-state index in [1.807, 2.05) is 0 Å².